The van der Waals surface area contributed by atoms with Crippen LogP contribution in [-0.4, -0.2) is 12.1 Å². The van der Waals surface area contributed by atoms with E-state index in [0.717, 1.165) is 11.3 Å². The van der Waals surface area contributed by atoms with E-state index in [0.29, 0.717) is 23.3 Å². The van der Waals surface area contributed by atoms with Crippen molar-refractivity contribution in [3.63, 3.8) is 0 Å². The van der Waals surface area contributed by atoms with E-state index in [1.54, 1.807) is 19.2 Å². The lowest BCUT2D eigenvalue weighted by Gasteiger charge is -2.11. The number of hydrogen-bond acceptors (Lipinski definition) is 4. The molecule has 1 aromatic heterocycles. The van der Waals surface area contributed by atoms with E-state index in [-0.39, 0.29) is 0 Å². The Morgan fingerprint density at radius 1 is 1.33 bits per heavy atom. The number of hydrogen-bond donors (Lipinski definition) is 2. The number of methoxy groups -OCH3 is 1. The van der Waals surface area contributed by atoms with Crippen molar-refractivity contribution in [3.05, 3.63) is 47.1 Å². The van der Waals surface area contributed by atoms with Crippen molar-refractivity contribution < 1.29 is 4.74 Å². The minimum Gasteiger partial charge on any atom is -0.399 e. The Morgan fingerprint density at radius 3 is 2.83 bits per heavy atom. The lowest BCUT2D eigenvalue weighted by molar-refractivity contribution is 0.185. The van der Waals surface area contributed by atoms with Crippen LogP contribution in [0.1, 0.15) is 5.56 Å². The van der Waals surface area contributed by atoms with Crippen LogP contribution in [0.15, 0.2) is 36.4 Å². The number of nitrogens with two attached hydrogens (primary N) is 1. The van der Waals surface area contributed by atoms with Gasteiger partial charge in [-0.1, -0.05) is 29.8 Å². The summed E-state index contributed by atoms with van der Waals surface area (Å²) in [6.07, 6.45) is 0. The Bertz CT molecular complexity index is 525. The van der Waals surface area contributed by atoms with E-state index in [1.807, 2.05) is 24.3 Å². The Balaban J connectivity index is 2.27. The van der Waals surface area contributed by atoms with E-state index in [4.69, 9.17) is 22.1 Å². The summed E-state index contributed by atoms with van der Waals surface area (Å²) in [7, 11) is 1.66. The van der Waals surface area contributed by atoms with Crippen LogP contribution in [0.3, 0.4) is 0 Å². The number of para-hydroxylation sites is 1. The second kappa shape index (κ2) is 5.71. The van der Waals surface area contributed by atoms with Gasteiger partial charge in [0.25, 0.3) is 0 Å². The standard InChI is InChI=1S/C13H14ClN3O/c1-18-8-9-4-2-3-5-11(9)16-13-7-10(15)6-12(14)17-13/h2-7H,8H2,1H3,(H3,15,16,17). The maximum Gasteiger partial charge on any atom is 0.134 e. The van der Waals surface area contributed by atoms with Gasteiger partial charge < -0.3 is 15.8 Å². The van der Waals surface area contributed by atoms with Crippen LogP contribution >= 0.6 is 11.6 Å². The fourth-order valence-electron chi connectivity index (χ4n) is 1.64. The van der Waals surface area contributed by atoms with Gasteiger partial charge in [0.15, 0.2) is 0 Å². The first-order valence-corrected chi connectivity index (χ1v) is 5.84. The molecule has 0 amide bonds. The summed E-state index contributed by atoms with van der Waals surface area (Å²) >= 11 is 5.86. The topological polar surface area (TPSA) is 60.2 Å². The highest BCUT2D eigenvalue weighted by Gasteiger charge is 2.04. The molecule has 0 unspecified atom stereocenters. The molecular weight excluding hydrogens is 250 g/mol. The summed E-state index contributed by atoms with van der Waals surface area (Å²) in [6, 6.07) is 11.2. The maximum atomic E-state index is 5.86. The van der Waals surface area contributed by atoms with Gasteiger partial charge in [-0.3, -0.25) is 0 Å². The number of nitrogens with zero attached hydrogens (tertiary/aromatic N) is 1. The molecule has 2 aromatic rings. The number of rotatable bonds is 4. The molecule has 4 nitrogen and oxygen atoms in total. The molecule has 0 spiro atoms. The third-order valence-corrected chi connectivity index (χ3v) is 2.59. The third kappa shape index (κ3) is 3.12. The zero-order chi connectivity index (χ0) is 13.0. The lowest BCUT2D eigenvalue weighted by atomic mass is 10.2. The Hall–Kier alpha value is -1.78. The molecule has 0 aliphatic rings. The molecule has 94 valence electrons. The second-order valence-electron chi connectivity index (χ2n) is 3.82. The summed E-state index contributed by atoms with van der Waals surface area (Å²) in [6.45, 7) is 0.527. The van der Waals surface area contributed by atoms with Crippen LogP contribution in [-0.2, 0) is 11.3 Å². The van der Waals surface area contributed by atoms with Gasteiger partial charge in [0.05, 0.1) is 6.61 Å². The minimum absolute atomic E-state index is 0.363. The predicted octanol–water partition coefficient (Wildman–Crippen LogP) is 3.21. The minimum atomic E-state index is 0.363. The molecule has 2 rings (SSSR count). The number of anilines is 3. The lowest BCUT2D eigenvalue weighted by Crippen LogP contribution is -2.00. The van der Waals surface area contributed by atoms with Crippen LogP contribution in [0, 0.1) is 0 Å². The van der Waals surface area contributed by atoms with E-state index in [9.17, 15) is 0 Å². The van der Waals surface area contributed by atoms with Gasteiger partial charge in [0, 0.05) is 30.1 Å². The van der Waals surface area contributed by atoms with E-state index in [1.165, 1.54) is 0 Å². The molecule has 1 aromatic carbocycles. The fourth-order valence-corrected chi connectivity index (χ4v) is 1.86. The highest BCUT2D eigenvalue weighted by Crippen LogP contribution is 2.23. The van der Waals surface area contributed by atoms with E-state index >= 15 is 0 Å². The quantitative estimate of drug-likeness (QED) is 0.832. The average Bonchev–Trinajstić information content (AvgIpc) is 2.30. The molecule has 0 fully saturated rings. The number of pyridine rings is 1. The maximum absolute atomic E-state index is 5.86. The Labute approximate surface area is 111 Å². The van der Waals surface area contributed by atoms with Gasteiger partial charge in [0.2, 0.25) is 0 Å². The van der Waals surface area contributed by atoms with Gasteiger partial charge in [-0.05, 0) is 12.1 Å². The van der Waals surface area contributed by atoms with Crippen LogP contribution in [0.5, 0.6) is 0 Å². The first kappa shape index (κ1) is 12.7. The molecule has 5 heteroatoms. The molecule has 0 saturated carbocycles. The molecular formula is C13H14ClN3O. The first-order chi connectivity index (χ1) is 8.69. The fraction of sp³-hybridized carbons (Fsp3) is 0.154. The van der Waals surface area contributed by atoms with Crippen LogP contribution in [0.4, 0.5) is 17.2 Å². The van der Waals surface area contributed by atoms with Crippen molar-refractivity contribution in [2.45, 2.75) is 6.61 Å². The van der Waals surface area contributed by atoms with Gasteiger partial charge in [0.1, 0.15) is 11.0 Å². The van der Waals surface area contributed by atoms with Gasteiger partial charge in [-0.2, -0.15) is 0 Å². The predicted molar refractivity (Wildman–Crippen MR) is 74.1 cm³/mol. The molecule has 0 aliphatic heterocycles. The van der Waals surface area contributed by atoms with Crippen molar-refractivity contribution >= 4 is 28.8 Å². The SMILES string of the molecule is COCc1ccccc1Nc1cc(N)cc(Cl)n1. The zero-order valence-corrected chi connectivity index (χ0v) is 10.7. The van der Waals surface area contributed by atoms with Gasteiger partial charge >= 0.3 is 0 Å². The third-order valence-electron chi connectivity index (χ3n) is 2.40. The van der Waals surface area contributed by atoms with Crippen molar-refractivity contribution in [1.82, 2.24) is 4.98 Å². The second-order valence-corrected chi connectivity index (χ2v) is 4.21. The summed E-state index contributed by atoms with van der Waals surface area (Å²) in [5.41, 5.74) is 8.26. The summed E-state index contributed by atoms with van der Waals surface area (Å²) < 4.78 is 5.14. The van der Waals surface area contributed by atoms with Crippen molar-refractivity contribution in [1.29, 1.82) is 0 Å². The molecule has 0 aliphatic carbocycles. The smallest absolute Gasteiger partial charge is 0.134 e. The highest BCUT2D eigenvalue weighted by molar-refractivity contribution is 6.29. The van der Waals surface area contributed by atoms with Crippen molar-refractivity contribution in [3.8, 4) is 0 Å². The van der Waals surface area contributed by atoms with Gasteiger partial charge in [-0.15, -0.1) is 0 Å². The monoisotopic (exact) mass is 263 g/mol. The number of nitrogen functional groups attached to an aromatic ring is 1. The average molecular weight is 264 g/mol. The van der Waals surface area contributed by atoms with Crippen LogP contribution < -0.4 is 11.1 Å². The number of aromatic nitrogens is 1. The molecule has 0 atom stereocenters. The van der Waals surface area contributed by atoms with Crippen LogP contribution in [0.2, 0.25) is 5.15 Å². The Morgan fingerprint density at radius 2 is 2.11 bits per heavy atom. The summed E-state index contributed by atoms with van der Waals surface area (Å²) in [5, 5.41) is 3.55. The molecule has 1 heterocycles. The first-order valence-electron chi connectivity index (χ1n) is 5.46. The normalized spacial score (nSPS) is 10.3. The zero-order valence-electron chi connectivity index (χ0n) is 9.98. The molecule has 3 N–H and O–H groups in total. The number of ether oxygens (including phenoxy) is 1. The van der Waals surface area contributed by atoms with Crippen molar-refractivity contribution in [2.24, 2.45) is 0 Å². The molecule has 0 radical (unpaired) electrons. The number of halogens is 1. The van der Waals surface area contributed by atoms with E-state index < -0.39 is 0 Å². The largest absolute Gasteiger partial charge is 0.399 e. The highest BCUT2D eigenvalue weighted by atomic mass is 35.5. The molecule has 0 bridgehead atoms. The molecule has 18 heavy (non-hydrogen) atoms. The Kier molecular flexibility index (Phi) is 4.02. The number of benzene rings is 1. The number of nitrogens with one attached hydrogen (secondary N) is 1. The van der Waals surface area contributed by atoms with E-state index in [2.05, 4.69) is 10.3 Å². The summed E-state index contributed by atoms with van der Waals surface area (Å²) in [4.78, 5) is 4.16. The van der Waals surface area contributed by atoms with Crippen LogP contribution in [0.25, 0.3) is 0 Å². The van der Waals surface area contributed by atoms with Gasteiger partial charge in [-0.25, -0.2) is 4.98 Å². The summed E-state index contributed by atoms with van der Waals surface area (Å²) in [5.74, 6) is 0.614. The van der Waals surface area contributed by atoms with Crippen molar-refractivity contribution in [2.75, 3.05) is 18.2 Å². The molecule has 0 saturated heterocycles.